The van der Waals surface area contributed by atoms with Gasteiger partial charge in [0.25, 0.3) is 5.91 Å². The van der Waals surface area contributed by atoms with Crippen molar-refractivity contribution in [3.8, 4) is 0 Å². The molecule has 1 aromatic heterocycles. The Morgan fingerprint density at radius 3 is 2.85 bits per heavy atom. The molecule has 0 aliphatic heterocycles. The number of nitrogen functional groups attached to an aromatic ring is 1. The van der Waals surface area contributed by atoms with E-state index in [-0.39, 0.29) is 11.6 Å². The van der Waals surface area contributed by atoms with Gasteiger partial charge in [0.15, 0.2) is 0 Å². The number of amides is 1. The molecule has 0 saturated carbocycles. The number of aryl methyl sites for hydroxylation is 2. The summed E-state index contributed by atoms with van der Waals surface area (Å²) in [5.41, 5.74) is 7.57. The molecule has 2 rings (SSSR count). The minimum absolute atomic E-state index is 0.209. The lowest BCUT2D eigenvalue weighted by atomic mass is 10.2. The van der Waals surface area contributed by atoms with E-state index < -0.39 is 5.82 Å². The SMILES string of the molecule is CCCn1cc(N)cc1C(=O)Nc1c(C)cccc1F. The lowest BCUT2D eigenvalue weighted by Crippen LogP contribution is -2.18. The summed E-state index contributed by atoms with van der Waals surface area (Å²) < 4.78 is 15.5. The summed E-state index contributed by atoms with van der Waals surface area (Å²) in [5, 5.41) is 2.62. The topological polar surface area (TPSA) is 60.0 Å². The summed E-state index contributed by atoms with van der Waals surface area (Å²) in [7, 11) is 0. The number of carbonyl (C=O) groups is 1. The third-order valence-corrected chi connectivity index (χ3v) is 3.08. The fraction of sp³-hybridized carbons (Fsp3) is 0.267. The van der Waals surface area contributed by atoms with Crippen LogP contribution in [-0.4, -0.2) is 10.5 Å². The quantitative estimate of drug-likeness (QED) is 0.900. The van der Waals surface area contributed by atoms with Gasteiger partial charge >= 0.3 is 0 Å². The largest absolute Gasteiger partial charge is 0.397 e. The summed E-state index contributed by atoms with van der Waals surface area (Å²) in [5.74, 6) is -0.803. The number of halogens is 1. The molecule has 106 valence electrons. The van der Waals surface area contributed by atoms with Crippen molar-refractivity contribution in [2.45, 2.75) is 26.8 Å². The molecule has 0 atom stereocenters. The number of aromatic nitrogens is 1. The number of benzene rings is 1. The predicted octanol–water partition coefficient (Wildman–Crippen LogP) is 3.18. The Morgan fingerprint density at radius 2 is 2.20 bits per heavy atom. The van der Waals surface area contributed by atoms with Crippen molar-refractivity contribution >= 4 is 17.3 Å². The maximum atomic E-state index is 13.7. The molecule has 1 heterocycles. The zero-order chi connectivity index (χ0) is 14.7. The van der Waals surface area contributed by atoms with E-state index in [1.807, 2.05) is 6.92 Å². The molecule has 0 spiro atoms. The third kappa shape index (κ3) is 2.82. The number of rotatable bonds is 4. The van der Waals surface area contributed by atoms with Crippen LogP contribution >= 0.6 is 0 Å². The van der Waals surface area contributed by atoms with Crippen molar-refractivity contribution in [2.24, 2.45) is 0 Å². The van der Waals surface area contributed by atoms with Gasteiger partial charge in [-0.15, -0.1) is 0 Å². The highest BCUT2D eigenvalue weighted by Crippen LogP contribution is 2.20. The van der Waals surface area contributed by atoms with Crippen LogP contribution in [0.3, 0.4) is 0 Å². The Balaban J connectivity index is 2.28. The van der Waals surface area contributed by atoms with Gasteiger partial charge in [-0.2, -0.15) is 0 Å². The number of anilines is 2. The number of hydrogen-bond acceptors (Lipinski definition) is 2. The second kappa shape index (κ2) is 5.77. The van der Waals surface area contributed by atoms with Gasteiger partial charge < -0.3 is 15.6 Å². The van der Waals surface area contributed by atoms with Crippen molar-refractivity contribution < 1.29 is 9.18 Å². The van der Waals surface area contributed by atoms with Crippen molar-refractivity contribution in [3.63, 3.8) is 0 Å². The molecule has 0 radical (unpaired) electrons. The van der Waals surface area contributed by atoms with E-state index in [1.165, 1.54) is 6.07 Å². The van der Waals surface area contributed by atoms with Crippen LogP contribution in [0, 0.1) is 12.7 Å². The van der Waals surface area contributed by atoms with Crippen molar-refractivity contribution in [2.75, 3.05) is 11.1 Å². The van der Waals surface area contributed by atoms with Crippen LogP contribution in [-0.2, 0) is 6.54 Å². The number of hydrogen-bond donors (Lipinski definition) is 2. The smallest absolute Gasteiger partial charge is 0.272 e. The van der Waals surface area contributed by atoms with Gasteiger partial charge in [-0.25, -0.2) is 4.39 Å². The molecular formula is C15H18FN3O. The number of nitrogens with zero attached hydrogens (tertiary/aromatic N) is 1. The average Bonchev–Trinajstić information content (AvgIpc) is 2.75. The van der Waals surface area contributed by atoms with E-state index in [0.717, 1.165) is 6.42 Å². The summed E-state index contributed by atoms with van der Waals surface area (Å²) >= 11 is 0. The third-order valence-electron chi connectivity index (χ3n) is 3.08. The molecule has 1 amide bonds. The van der Waals surface area contributed by atoms with Crippen LogP contribution in [0.4, 0.5) is 15.8 Å². The molecule has 4 nitrogen and oxygen atoms in total. The summed E-state index contributed by atoms with van der Waals surface area (Å²) in [6.07, 6.45) is 2.60. The Bertz CT molecular complexity index is 614. The molecule has 0 aliphatic carbocycles. The zero-order valence-electron chi connectivity index (χ0n) is 11.6. The van der Waals surface area contributed by atoms with E-state index >= 15 is 0 Å². The van der Waals surface area contributed by atoms with Crippen LogP contribution in [0.15, 0.2) is 30.5 Å². The van der Waals surface area contributed by atoms with Gasteiger partial charge in [0.05, 0.1) is 11.4 Å². The number of nitrogens with one attached hydrogen (secondary N) is 1. The molecule has 0 unspecified atom stereocenters. The van der Waals surface area contributed by atoms with E-state index in [1.54, 1.807) is 35.9 Å². The van der Waals surface area contributed by atoms with Crippen molar-refractivity contribution in [1.29, 1.82) is 0 Å². The van der Waals surface area contributed by atoms with Gasteiger partial charge in [-0.3, -0.25) is 4.79 Å². The Kier molecular flexibility index (Phi) is 4.08. The fourth-order valence-corrected chi connectivity index (χ4v) is 2.12. The maximum absolute atomic E-state index is 13.7. The van der Waals surface area contributed by atoms with Crippen LogP contribution in [0.2, 0.25) is 0 Å². The van der Waals surface area contributed by atoms with Crippen LogP contribution in [0.1, 0.15) is 29.4 Å². The lowest BCUT2D eigenvalue weighted by Gasteiger charge is -2.11. The number of carbonyl (C=O) groups excluding carboxylic acids is 1. The second-order valence-electron chi connectivity index (χ2n) is 4.74. The maximum Gasteiger partial charge on any atom is 0.272 e. The van der Waals surface area contributed by atoms with Gasteiger partial charge in [-0.05, 0) is 31.0 Å². The summed E-state index contributed by atoms with van der Waals surface area (Å²) in [6, 6.07) is 6.28. The van der Waals surface area contributed by atoms with Crippen LogP contribution < -0.4 is 11.1 Å². The molecule has 1 aromatic carbocycles. The lowest BCUT2D eigenvalue weighted by molar-refractivity contribution is 0.101. The molecular weight excluding hydrogens is 257 g/mol. The molecule has 2 aromatic rings. The first-order valence-electron chi connectivity index (χ1n) is 6.55. The summed E-state index contributed by atoms with van der Waals surface area (Å²) in [6.45, 7) is 4.45. The van der Waals surface area contributed by atoms with Gasteiger partial charge in [0.1, 0.15) is 11.5 Å². The monoisotopic (exact) mass is 275 g/mol. The fourth-order valence-electron chi connectivity index (χ4n) is 2.12. The predicted molar refractivity (Wildman–Crippen MR) is 78.2 cm³/mol. The highest BCUT2D eigenvalue weighted by atomic mass is 19.1. The molecule has 20 heavy (non-hydrogen) atoms. The van der Waals surface area contributed by atoms with E-state index in [0.29, 0.717) is 23.5 Å². The second-order valence-corrected chi connectivity index (χ2v) is 4.74. The highest BCUT2D eigenvalue weighted by Gasteiger charge is 2.15. The normalized spacial score (nSPS) is 10.6. The van der Waals surface area contributed by atoms with Crippen LogP contribution in [0.5, 0.6) is 0 Å². The first kappa shape index (κ1) is 14.1. The van der Waals surface area contributed by atoms with Crippen molar-refractivity contribution in [3.05, 3.63) is 47.5 Å². The standard InChI is InChI=1S/C15H18FN3O/c1-3-7-19-9-11(17)8-13(19)15(20)18-14-10(2)5-4-6-12(14)16/h4-6,8-9H,3,7,17H2,1-2H3,(H,18,20). The first-order valence-corrected chi connectivity index (χ1v) is 6.55. The molecule has 0 bridgehead atoms. The molecule has 0 aliphatic rings. The van der Waals surface area contributed by atoms with Gasteiger partial charge in [0.2, 0.25) is 0 Å². The number of nitrogens with two attached hydrogens (primary N) is 1. The van der Waals surface area contributed by atoms with E-state index in [9.17, 15) is 9.18 Å². The van der Waals surface area contributed by atoms with E-state index in [2.05, 4.69) is 5.32 Å². The summed E-state index contributed by atoms with van der Waals surface area (Å²) in [4.78, 5) is 12.3. The molecule has 0 saturated heterocycles. The van der Waals surface area contributed by atoms with E-state index in [4.69, 9.17) is 5.73 Å². The zero-order valence-corrected chi connectivity index (χ0v) is 11.6. The minimum atomic E-state index is -0.445. The van der Waals surface area contributed by atoms with Crippen molar-refractivity contribution in [1.82, 2.24) is 4.57 Å². The van der Waals surface area contributed by atoms with Gasteiger partial charge in [0, 0.05) is 12.7 Å². The Morgan fingerprint density at radius 1 is 1.45 bits per heavy atom. The first-order chi connectivity index (χ1) is 9.52. The average molecular weight is 275 g/mol. The molecule has 3 N–H and O–H groups in total. The number of para-hydroxylation sites is 1. The van der Waals surface area contributed by atoms with Gasteiger partial charge in [-0.1, -0.05) is 19.1 Å². The molecule has 0 fully saturated rings. The molecule has 5 heteroatoms. The Hall–Kier alpha value is -2.30. The highest BCUT2D eigenvalue weighted by molar-refractivity contribution is 6.04. The van der Waals surface area contributed by atoms with Crippen LogP contribution in [0.25, 0.3) is 0 Å². The minimum Gasteiger partial charge on any atom is -0.397 e. The Labute approximate surface area is 117 Å².